The Balaban J connectivity index is 1.81. The Bertz CT molecular complexity index is 503. The monoisotopic (exact) mass is 322 g/mol. The molecule has 1 aromatic rings. The van der Waals surface area contributed by atoms with Crippen molar-refractivity contribution in [1.82, 2.24) is 5.32 Å². The van der Waals surface area contributed by atoms with E-state index in [2.05, 4.69) is 5.32 Å². The SMILES string of the molecule is CC(CC(F)(F)F)NCC1CCN(c2ccc(F)c(F)c2)C1. The second-order valence-corrected chi connectivity index (χ2v) is 5.83. The average molecular weight is 322 g/mol. The highest BCUT2D eigenvalue weighted by molar-refractivity contribution is 5.47. The van der Waals surface area contributed by atoms with E-state index in [1.807, 2.05) is 4.90 Å². The second kappa shape index (κ2) is 6.81. The zero-order valence-corrected chi connectivity index (χ0v) is 12.3. The van der Waals surface area contributed by atoms with Gasteiger partial charge in [-0.15, -0.1) is 0 Å². The summed E-state index contributed by atoms with van der Waals surface area (Å²) in [5.74, 6) is -1.58. The van der Waals surface area contributed by atoms with Crippen LogP contribution in [0.15, 0.2) is 18.2 Å². The minimum absolute atomic E-state index is 0.198. The highest BCUT2D eigenvalue weighted by Gasteiger charge is 2.30. The summed E-state index contributed by atoms with van der Waals surface area (Å²) in [4.78, 5) is 1.92. The lowest BCUT2D eigenvalue weighted by molar-refractivity contribution is -0.139. The van der Waals surface area contributed by atoms with Gasteiger partial charge in [-0.05, 0) is 37.9 Å². The Kier molecular flexibility index (Phi) is 5.26. The molecule has 1 fully saturated rings. The Morgan fingerprint density at radius 2 is 2.00 bits per heavy atom. The van der Waals surface area contributed by atoms with Crippen molar-refractivity contribution in [2.45, 2.75) is 32.0 Å². The average Bonchev–Trinajstić information content (AvgIpc) is 2.86. The number of nitrogens with zero attached hydrogens (tertiary/aromatic N) is 1. The maximum Gasteiger partial charge on any atom is 0.390 e. The molecule has 0 saturated carbocycles. The molecule has 2 unspecified atom stereocenters. The number of anilines is 1. The summed E-state index contributed by atoms with van der Waals surface area (Å²) in [5.41, 5.74) is 0.602. The van der Waals surface area contributed by atoms with Gasteiger partial charge in [-0.25, -0.2) is 8.78 Å². The summed E-state index contributed by atoms with van der Waals surface area (Å²) in [6, 6.07) is 3.12. The van der Waals surface area contributed by atoms with Gasteiger partial charge in [-0.3, -0.25) is 0 Å². The third kappa shape index (κ3) is 4.83. The fraction of sp³-hybridized carbons (Fsp3) is 0.600. The van der Waals surface area contributed by atoms with E-state index in [9.17, 15) is 22.0 Å². The highest BCUT2D eigenvalue weighted by atomic mass is 19.4. The van der Waals surface area contributed by atoms with E-state index in [-0.39, 0.29) is 5.92 Å². The van der Waals surface area contributed by atoms with Gasteiger partial charge >= 0.3 is 6.18 Å². The number of halogens is 5. The molecule has 2 atom stereocenters. The van der Waals surface area contributed by atoms with E-state index < -0.39 is 30.3 Å². The number of hydrogen-bond donors (Lipinski definition) is 1. The van der Waals surface area contributed by atoms with Crippen LogP contribution >= 0.6 is 0 Å². The minimum Gasteiger partial charge on any atom is -0.371 e. The zero-order valence-electron chi connectivity index (χ0n) is 12.3. The lowest BCUT2D eigenvalue weighted by Crippen LogP contribution is -2.35. The van der Waals surface area contributed by atoms with Gasteiger partial charge in [-0.2, -0.15) is 13.2 Å². The first kappa shape index (κ1) is 17.0. The van der Waals surface area contributed by atoms with Gasteiger partial charge in [0.25, 0.3) is 0 Å². The van der Waals surface area contributed by atoms with Crippen LogP contribution in [0.1, 0.15) is 19.8 Å². The van der Waals surface area contributed by atoms with Crippen LogP contribution in [-0.2, 0) is 0 Å². The summed E-state index contributed by atoms with van der Waals surface area (Å²) >= 11 is 0. The van der Waals surface area contributed by atoms with Crippen molar-refractivity contribution in [3.8, 4) is 0 Å². The number of nitrogens with one attached hydrogen (secondary N) is 1. The molecule has 0 radical (unpaired) electrons. The van der Waals surface area contributed by atoms with E-state index in [0.29, 0.717) is 25.3 Å². The Morgan fingerprint density at radius 3 is 2.64 bits per heavy atom. The van der Waals surface area contributed by atoms with Gasteiger partial charge < -0.3 is 10.2 Å². The molecular weight excluding hydrogens is 303 g/mol. The summed E-state index contributed by atoms with van der Waals surface area (Å²) in [6.07, 6.45) is -4.21. The third-order valence-corrected chi connectivity index (χ3v) is 3.85. The molecule has 1 aliphatic heterocycles. The summed E-state index contributed by atoms with van der Waals surface area (Å²) in [6.45, 7) is 3.30. The topological polar surface area (TPSA) is 15.3 Å². The number of benzene rings is 1. The molecule has 0 spiro atoms. The van der Waals surface area contributed by atoms with Crippen molar-refractivity contribution in [2.75, 3.05) is 24.5 Å². The Hall–Kier alpha value is -1.37. The molecule has 1 aromatic carbocycles. The molecular formula is C15H19F5N2. The maximum absolute atomic E-state index is 13.2. The molecule has 7 heteroatoms. The molecule has 124 valence electrons. The quantitative estimate of drug-likeness (QED) is 0.831. The van der Waals surface area contributed by atoms with E-state index in [1.165, 1.54) is 13.0 Å². The normalized spacial score (nSPS) is 20.5. The summed E-state index contributed by atoms with van der Waals surface area (Å²) < 4.78 is 62.9. The molecule has 22 heavy (non-hydrogen) atoms. The molecule has 0 aromatic heterocycles. The van der Waals surface area contributed by atoms with Crippen molar-refractivity contribution in [1.29, 1.82) is 0 Å². The molecule has 1 saturated heterocycles. The number of alkyl halides is 3. The zero-order chi connectivity index (χ0) is 16.3. The summed E-state index contributed by atoms with van der Waals surface area (Å²) in [7, 11) is 0. The molecule has 1 N–H and O–H groups in total. The van der Waals surface area contributed by atoms with Gasteiger partial charge in [0, 0.05) is 30.9 Å². The van der Waals surface area contributed by atoms with E-state index >= 15 is 0 Å². The second-order valence-electron chi connectivity index (χ2n) is 5.83. The first-order valence-corrected chi connectivity index (χ1v) is 7.25. The van der Waals surface area contributed by atoms with E-state index in [4.69, 9.17) is 0 Å². The molecule has 1 aliphatic rings. The van der Waals surface area contributed by atoms with Crippen LogP contribution in [0.5, 0.6) is 0 Å². The molecule has 0 amide bonds. The van der Waals surface area contributed by atoms with Crippen molar-refractivity contribution < 1.29 is 22.0 Å². The number of rotatable bonds is 5. The molecule has 2 rings (SSSR count). The Morgan fingerprint density at radius 1 is 1.27 bits per heavy atom. The highest BCUT2D eigenvalue weighted by Crippen LogP contribution is 2.26. The summed E-state index contributed by atoms with van der Waals surface area (Å²) in [5, 5.41) is 2.89. The Labute approximate surface area is 126 Å². The smallest absolute Gasteiger partial charge is 0.371 e. The van der Waals surface area contributed by atoms with Crippen molar-refractivity contribution >= 4 is 5.69 Å². The van der Waals surface area contributed by atoms with Crippen molar-refractivity contribution in [3.05, 3.63) is 29.8 Å². The standard InChI is InChI=1S/C15H19F5N2/c1-10(7-15(18,19)20)21-8-11-4-5-22(9-11)12-2-3-13(16)14(17)6-12/h2-3,6,10-11,21H,4-5,7-9H2,1H3. The van der Waals surface area contributed by atoms with Crippen LogP contribution in [0, 0.1) is 17.6 Å². The van der Waals surface area contributed by atoms with E-state index in [1.54, 1.807) is 0 Å². The lowest BCUT2D eigenvalue weighted by Gasteiger charge is -2.20. The van der Waals surface area contributed by atoms with Gasteiger partial charge in [-0.1, -0.05) is 0 Å². The first-order chi connectivity index (χ1) is 10.2. The number of hydrogen-bond acceptors (Lipinski definition) is 2. The van der Waals surface area contributed by atoms with Gasteiger partial charge in [0.05, 0.1) is 6.42 Å². The largest absolute Gasteiger partial charge is 0.390 e. The van der Waals surface area contributed by atoms with E-state index in [0.717, 1.165) is 18.6 Å². The van der Waals surface area contributed by atoms with Crippen LogP contribution in [0.2, 0.25) is 0 Å². The lowest BCUT2D eigenvalue weighted by atomic mass is 10.1. The van der Waals surface area contributed by atoms with Crippen molar-refractivity contribution in [2.24, 2.45) is 5.92 Å². The van der Waals surface area contributed by atoms with Crippen molar-refractivity contribution in [3.63, 3.8) is 0 Å². The van der Waals surface area contributed by atoms with Crippen LogP contribution < -0.4 is 10.2 Å². The fourth-order valence-corrected chi connectivity index (χ4v) is 2.70. The first-order valence-electron chi connectivity index (χ1n) is 7.25. The third-order valence-electron chi connectivity index (χ3n) is 3.85. The maximum atomic E-state index is 13.2. The van der Waals surface area contributed by atoms with Gasteiger partial charge in [0.2, 0.25) is 0 Å². The molecule has 0 bridgehead atoms. The van der Waals surface area contributed by atoms with Crippen LogP contribution in [0.3, 0.4) is 0 Å². The predicted octanol–water partition coefficient (Wildman–Crippen LogP) is 3.72. The predicted molar refractivity (Wildman–Crippen MR) is 74.8 cm³/mol. The minimum atomic E-state index is -4.17. The molecule has 2 nitrogen and oxygen atoms in total. The van der Waals surface area contributed by atoms with Crippen LogP contribution in [0.4, 0.5) is 27.6 Å². The van der Waals surface area contributed by atoms with Gasteiger partial charge in [0.1, 0.15) is 0 Å². The van der Waals surface area contributed by atoms with Crippen LogP contribution in [0.25, 0.3) is 0 Å². The van der Waals surface area contributed by atoms with Gasteiger partial charge in [0.15, 0.2) is 11.6 Å². The molecule has 0 aliphatic carbocycles. The van der Waals surface area contributed by atoms with Crippen LogP contribution in [-0.4, -0.2) is 31.9 Å². The molecule has 1 heterocycles. The fourth-order valence-electron chi connectivity index (χ4n) is 2.70.